The lowest BCUT2D eigenvalue weighted by Gasteiger charge is -2.58. The third kappa shape index (κ3) is 2.81. The molecule has 6 atom stereocenters. The molecular formula is C33H33O2S+. The van der Waals surface area contributed by atoms with Crippen LogP contribution in [0.5, 0.6) is 0 Å². The molecule has 0 saturated heterocycles. The van der Waals surface area contributed by atoms with Crippen LogP contribution in [0.4, 0.5) is 0 Å². The molecule has 36 heavy (non-hydrogen) atoms. The van der Waals surface area contributed by atoms with Gasteiger partial charge in [0.1, 0.15) is 5.60 Å². The Hall–Kier alpha value is -2.65. The van der Waals surface area contributed by atoms with Crippen LogP contribution in [-0.4, -0.2) is 11.6 Å². The van der Waals surface area contributed by atoms with Gasteiger partial charge in [-0.05, 0) is 105 Å². The van der Waals surface area contributed by atoms with E-state index in [2.05, 4.69) is 79.7 Å². The van der Waals surface area contributed by atoms with E-state index in [4.69, 9.17) is 4.74 Å². The van der Waals surface area contributed by atoms with Crippen LogP contribution in [0, 0.1) is 29.1 Å². The molecule has 1 aromatic heterocycles. The zero-order valence-electron chi connectivity index (χ0n) is 20.9. The summed E-state index contributed by atoms with van der Waals surface area (Å²) in [6.07, 6.45) is 7.57. The molecule has 8 rings (SSSR count). The van der Waals surface area contributed by atoms with Crippen LogP contribution in [0.15, 0.2) is 72.8 Å². The van der Waals surface area contributed by atoms with Crippen molar-refractivity contribution < 1.29 is 9.53 Å². The van der Waals surface area contributed by atoms with E-state index >= 15 is 0 Å². The third-order valence-corrected chi connectivity index (χ3v) is 12.8. The highest BCUT2D eigenvalue weighted by atomic mass is 32.2. The van der Waals surface area contributed by atoms with Gasteiger partial charge in [-0.3, -0.25) is 4.79 Å². The van der Waals surface area contributed by atoms with Crippen LogP contribution < -0.4 is 0 Å². The summed E-state index contributed by atoms with van der Waals surface area (Å²) < 4.78 is 9.09. The summed E-state index contributed by atoms with van der Waals surface area (Å²) in [6.45, 7) is 2.26. The van der Waals surface area contributed by atoms with E-state index in [1.807, 2.05) is 0 Å². The van der Waals surface area contributed by atoms with Gasteiger partial charge in [-0.2, -0.15) is 0 Å². The maximum absolute atomic E-state index is 12.7. The minimum Gasteiger partial charge on any atom is -0.459 e. The number of rotatable bonds is 7. The van der Waals surface area contributed by atoms with Crippen molar-refractivity contribution in [3.05, 3.63) is 78.4 Å². The molecule has 1 spiro atoms. The summed E-state index contributed by atoms with van der Waals surface area (Å²) in [4.78, 5) is 14.1. The van der Waals surface area contributed by atoms with Gasteiger partial charge in [0.05, 0.1) is 0 Å². The van der Waals surface area contributed by atoms with Gasteiger partial charge in [0, 0.05) is 39.5 Å². The molecule has 4 fully saturated rings. The minimum atomic E-state index is -0.150. The Bertz CT molecular complexity index is 1460. The number of hydrogen-bond acceptors (Lipinski definition) is 2. The molecule has 1 heterocycles. The van der Waals surface area contributed by atoms with Gasteiger partial charge >= 0.3 is 5.97 Å². The Labute approximate surface area is 215 Å². The SMILES string of the molecule is CC1(OC(=O)CCCCc2ccc(-[s+]3c4ccccc4c4ccccc43)cc2)C2CC3CC4(CC41)C32. The summed E-state index contributed by atoms with van der Waals surface area (Å²) in [5, 5.41) is 2.75. The maximum atomic E-state index is 12.7. The van der Waals surface area contributed by atoms with Crippen LogP contribution in [0.3, 0.4) is 0 Å². The largest absolute Gasteiger partial charge is 0.459 e. The number of carbonyl (C=O) groups excluding carboxylic acids is 1. The highest BCUT2D eigenvalue weighted by molar-refractivity contribution is 7.50. The summed E-state index contributed by atoms with van der Waals surface area (Å²) in [5.74, 6) is 3.23. The quantitative estimate of drug-likeness (QED) is 0.147. The third-order valence-electron chi connectivity index (χ3n) is 10.4. The molecule has 3 aromatic carbocycles. The first-order valence-electron chi connectivity index (χ1n) is 13.8. The highest BCUT2D eigenvalue weighted by Gasteiger charge is 2.86. The van der Waals surface area contributed by atoms with Gasteiger partial charge in [0.2, 0.25) is 0 Å². The number of carbonyl (C=O) groups is 1. The van der Waals surface area contributed by atoms with Crippen molar-refractivity contribution in [3.8, 4) is 4.90 Å². The molecule has 0 bridgehead atoms. The van der Waals surface area contributed by atoms with Crippen molar-refractivity contribution in [1.29, 1.82) is 0 Å². The number of aryl methyl sites for hydroxylation is 1. The van der Waals surface area contributed by atoms with Crippen LogP contribution in [0.25, 0.3) is 25.1 Å². The maximum Gasteiger partial charge on any atom is 0.306 e. The first-order valence-corrected chi connectivity index (χ1v) is 15.0. The second-order valence-corrected chi connectivity index (χ2v) is 14.1. The predicted molar refractivity (Wildman–Crippen MR) is 148 cm³/mol. The minimum absolute atomic E-state index is 0.0308. The zero-order chi connectivity index (χ0) is 24.1. The number of benzene rings is 3. The second-order valence-electron chi connectivity index (χ2n) is 12.1. The normalized spacial score (nSPS) is 33.0. The standard InChI is InChI=1S/C33H33O2S/c1-32(26-18-22-19-33(31(22)26)20-29(32)33)35-30(34)13-7-2-8-21-14-16-23(17-15-21)36-27-11-5-3-9-24(27)25-10-4-6-12-28(25)36/h3-6,9-12,14-17,22,26,29,31H,2,7-8,13,18-20H2,1H3/q+1. The van der Waals surface area contributed by atoms with E-state index < -0.39 is 0 Å². The summed E-state index contributed by atoms with van der Waals surface area (Å²) >= 11 is 0. The lowest BCUT2D eigenvalue weighted by Crippen LogP contribution is -2.55. The summed E-state index contributed by atoms with van der Waals surface area (Å²) in [7, 11) is -0.0308. The van der Waals surface area contributed by atoms with Gasteiger partial charge < -0.3 is 4.74 Å². The zero-order valence-corrected chi connectivity index (χ0v) is 21.7. The fraction of sp³-hybridized carbons (Fsp3) is 0.424. The number of esters is 1. The molecular weight excluding hydrogens is 460 g/mol. The average Bonchev–Trinajstić information content (AvgIpc) is 3.53. The van der Waals surface area contributed by atoms with Gasteiger partial charge in [-0.25, -0.2) is 0 Å². The molecule has 3 heteroatoms. The first kappa shape index (κ1) is 21.4. The molecule has 0 radical (unpaired) electrons. The lowest BCUT2D eigenvalue weighted by atomic mass is 9.47. The van der Waals surface area contributed by atoms with E-state index in [1.165, 1.54) is 49.9 Å². The van der Waals surface area contributed by atoms with Crippen molar-refractivity contribution in [2.45, 2.75) is 57.5 Å². The summed E-state index contributed by atoms with van der Waals surface area (Å²) in [5.41, 5.74) is 1.82. The van der Waals surface area contributed by atoms with Crippen molar-refractivity contribution in [2.75, 3.05) is 0 Å². The number of fused-ring (bicyclic) bond motifs is 3. The lowest BCUT2D eigenvalue weighted by molar-refractivity contribution is -0.180. The van der Waals surface area contributed by atoms with Crippen LogP contribution in [-0.2, 0) is 16.0 Å². The van der Waals surface area contributed by atoms with Crippen LogP contribution in [0.1, 0.15) is 51.0 Å². The molecule has 6 unspecified atom stereocenters. The van der Waals surface area contributed by atoms with Crippen LogP contribution in [0.2, 0.25) is 0 Å². The number of thiophene rings is 1. The Morgan fingerprint density at radius 3 is 2.28 bits per heavy atom. The van der Waals surface area contributed by atoms with E-state index in [-0.39, 0.29) is 22.0 Å². The number of unbranched alkanes of at least 4 members (excludes halogenated alkanes) is 1. The van der Waals surface area contributed by atoms with E-state index in [0.717, 1.165) is 31.1 Å². The fourth-order valence-corrected chi connectivity index (χ4v) is 11.2. The van der Waals surface area contributed by atoms with E-state index in [0.29, 0.717) is 23.7 Å². The Morgan fingerprint density at radius 1 is 0.917 bits per heavy atom. The number of ether oxygens (including phenoxy) is 1. The monoisotopic (exact) mass is 493 g/mol. The van der Waals surface area contributed by atoms with E-state index in [1.54, 1.807) is 0 Å². The average molecular weight is 494 g/mol. The molecule has 4 aliphatic carbocycles. The molecule has 4 saturated carbocycles. The van der Waals surface area contributed by atoms with E-state index in [9.17, 15) is 4.79 Å². The molecule has 0 aliphatic heterocycles. The van der Waals surface area contributed by atoms with Crippen molar-refractivity contribution >= 4 is 36.6 Å². The first-order chi connectivity index (χ1) is 17.6. The fourth-order valence-electron chi connectivity index (χ4n) is 8.77. The molecule has 0 N–H and O–H groups in total. The van der Waals surface area contributed by atoms with Gasteiger partial charge in [0.15, 0.2) is 14.3 Å². The van der Waals surface area contributed by atoms with Gasteiger partial charge in [0.25, 0.3) is 0 Å². The molecule has 182 valence electrons. The van der Waals surface area contributed by atoms with Gasteiger partial charge in [-0.15, -0.1) is 0 Å². The topological polar surface area (TPSA) is 26.3 Å². The molecule has 0 amide bonds. The predicted octanol–water partition coefficient (Wildman–Crippen LogP) is 8.42. The van der Waals surface area contributed by atoms with Crippen LogP contribution >= 0.6 is 10.5 Å². The smallest absolute Gasteiger partial charge is 0.306 e. The molecule has 2 nitrogen and oxygen atoms in total. The van der Waals surface area contributed by atoms with Gasteiger partial charge in [-0.1, -0.05) is 36.4 Å². The molecule has 4 aromatic rings. The Balaban J connectivity index is 0.905. The number of hydrogen-bond donors (Lipinski definition) is 0. The summed E-state index contributed by atoms with van der Waals surface area (Å²) in [6, 6.07) is 26.9. The van der Waals surface area contributed by atoms with Crippen molar-refractivity contribution in [2.24, 2.45) is 29.1 Å². The van der Waals surface area contributed by atoms with Crippen molar-refractivity contribution in [3.63, 3.8) is 0 Å². The molecule has 4 aliphatic rings. The van der Waals surface area contributed by atoms with Crippen molar-refractivity contribution in [1.82, 2.24) is 0 Å². The second kappa shape index (κ2) is 7.44. The Morgan fingerprint density at radius 2 is 1.61 bits per heavy atom. The highest BCUT2D eigenvalue weighted by Crippen LogP contribution is 2.88. The Kier molecular flexibility index (Phi) is 4.43.